The number of rotatable bonds is 5. The lowest BCUT2D eigenvalue weighted by Crippen LogP contribution is -2.36. The Kier molecular flexibility index (Phi) is 5.96. The number of carbonyl (C=O) groups is 1. The van der Waals surface area contributed by atoms with Gasteiger partial charge in [-0.3, -0.25) is 14.9 Å². The number of fused-ring (bicyclic) bond motifs is 1. The number of hydrogen-bond donors (Lipinski definition) is 1. The molecule has 164 valence electrons. The molecule has 8 nitrogen and oxygen atoms in total. The molecule has 4 rings (SSSR count). The molecule has 0 radical (unpaired) electrons. The Bertz CT molecular complexity index is 1330. The zero-order valence-electron chi connectivity index (χ0n) is 16.7. The van der Waals surface area contributed by atoms with E-state index in [0.717, 1.165) is 11.1 Å². The van der Waals surface area contributed by atoms with E-state index in [9.17, 15) is 23.3 Å². The summed E-state index contributed by atoms with van der Waals surface area (Å²) in [7, 11) is -3.86. The molecule has 1 aliphatic rings. The summed E-state index contributed by atoms with van der Waals surface area (Å²) in [6.45, 7) is 0.577. The summed E-state index contributed by atoms with van der Waals surface area (Å²) in [5, 5.41) is 13.5. The largest absolute Gasteiger partial charge is 0.322 e. The molecule has 32 heavy (non-hydrogen) atoms. The minimum Gasteiger partial charge on any atom is -0.322 e. The summed E-state index contributed by atoms with van der Waals surface area (Å²) in [5.41, 5.74) is 2.03. The van der Waals surface area contributed by atoms with Crippen LogP contribution in [0.4, 0.5) is 11.4 Å². The lowest BCUT2D eigenvalue weighted by atomic mass is 10.0. The summed E-state index contributed by atoms with van der Waals surface area (Å²) < 4.78 is 27.9. The van der Waals surface area contributed by atoms with Gasteiger partial charge in [0.25, 0.3) is 11.6 Å². The van der Waals surface area contributed by atoms with Gasteiger partial charge in [0.2, 0.25) is 10.0 Å². The minimum absolute atomic E-state index is 0.0448. The third-order valence-corrected chi connectivity index (χ3v) is 7.40. The van der Waals surface area contributed by atoms with Gasteiger partial charge in [-0.2, -0.15) is 4.31 Å². The number of nitrogens with zero attached hydrogens (tertiary/aromatic N) is 2. The van der Waals surface area contributed by atoms with Gasteiger partial charge in [-0.25, -0.2) is 8.42 Å². The maximum atomic E-state index is 13.2. The number of sulfonamides is 1. The number of carbonyl (C=O) groups excluding carboxylic acids is 1. The monoisotopic (exact) mass is 471 g/mol. The molecule has 0 aromatic heterocycles. The second kappa shape index (κ2) is 8.70. The molecular weight excluding hydrogens is 454 g/mol. The highest BCUT2D eigenvalue weighted by molar-refractivity contribution is 7.89. The first-order valence-corrected chi connectivity index (χ1v) is 11.5. The second-order valence-electron chi connectivity index (χ2n) is 7.26. The van der Waals surface area contributed by atoms with Gasteiger partial charge in [-0.15, -0.1) is 0 Å². The Balaban J connectivity index is 1.60. The van der Waals surface area contributed by atoms with Crippen molar-refractivity contribution in [2.45, 2.75) is 17.9 Å². The van der Waals surface area contributed by atoms with Gasteiger partial charge >= 0.3 is 0 Å². The number of nitro benzene ring substituents is 1. The van der Waals surface area contributed by atoms with Gasteiger partial charge in [-0.05, 0) is 41.8 Å². The number of amides is 1. The fourth-order valence-corrected chi connectivity index (χ4v) is 5.21. The van der Waals surface area contributed by atoms with Crippen LogP contribution in [0.15, 0.2) is 71.6 Å². The van der Waals surface area contributed by atoms with E-state index < -0.39 is 20.9 Å². The quantitative estimate of drug-likeness (QED) is 0.442. The van der Waals surface area contributed by atoms with Gasteiger partial charge in [-0.1, -0.05) is 41.9 Å². The first-order valence-electron chi connectivity index (χ1n) is 9.68. The molecule has 3 aromatic carbocycles. The molecule has 1 aliphatic heterocycles. The Morgan fingerprint density at radius 3 is 2.53 bits per heavy atom. The Labute approximate surface area is 189 Å². The Hall–Kier alpha value is -3.27. The molecule has 0 saturated carbocycles. The van der Waals surface area contributed by atoms with Crippen LogP contribution >= 0.6 is 11.6 Å². The standard InChI is InChI=1S/C22H18ClN3O5S/c23-21-9-8-19(32(30,31)25-11-10-15-4-1-2-5-16(15)14-25)13-20(21)22(27)24-17-6-3-7-18(12-17)26(28)29/h1-9,12-13H,10-11,14H2,(H,24,27). The molecule has 0 bridgehead atoms. The smallest absolute Gasteiger partial charge is 0.271 e. The summed E-state index contributed by atoms with van der Waals surface area (Å²) in [4.78, 5) is 23.1. The summed E-state index contributed by atoms with van der Waals surface area (Å²) in [5.74, 6) is -0.670. The van der Waals surface area contributed by atoms with E-state index in [0.29, 0.717) is 13.0 Å². The first kappa shape index (κ1) is 21.9. The van der Waals surface area contributed by atoms with Crippen LogP contribution in [0.3, 0.4) is 0 Å². The van der Waals surface area contributed by atoms with Crippen LogP contribution in [0.5, 0.6) is 0 Å². The third kappa shape index (κ3) is 4.36. The van der Waals surface area contributed by atoms with Crippen LogP contribution in [0.2, 0.25) is 5.02 Å². The molecule has 3 aromatic rings. The average molecular weight is 472 g/mol. The van der Waals surface area contributed by atoms with Crippen molar-refractivity contribution in [1.29, 1.82) is 0 Å². The van der Waals surface area contributed by atoms with E-state index in [-0.39, 0.29) is 33.4 Å². The molecule has 1 heterocycles. The molecule has 0 aliphatic carbocycles. The van der Waals surface area contributed by atoms with Crippen molar-refractivity contribution in [3.8, 4) is 0 Å². The van der Waals surface area contributed by atoms with Gasteiger partial charge in [0.15, 0.2) is 0 Å². The number of anilines is 1. The zero-order chi connectivity index (χ0) is 22.9. The average Bonchev–Trinajstić information content (AvgIpc) is 2.79. The Morgan fingerprint density at radius 1 is 1.03 bits per heavy atom. The number of non-ortho nitro benzene ring substituents is 1. The van der Waals surface area contributed by atoms with Crippen LogP contribution in [-0.4, -0.2) is 30.1 Å². The maximum absolute atomic E-state index is 13.2. The highest BCUT2D eigenvalue weighted by atomic mass is 35.5. The van der Waals surface area contributed by atoms with E-state index in [1.54, 1.807) is 0 Å². The zero-order valence-corrected chi connectivity index (χ0v) is 18.3. The van der Waals surface area contributed by atoms with E-state index >= 15 is 0 Å². The van der Waals surface area contributed by atoms with Gasteiger partial charge in [0.1, 0.15) is 0 Å². The molecule has 10 heteroatoms. The van der Waals surface area contributed by atoms with Crippen LogP contribution in [0, 0.1) is 10.1 Å². The number of hydrogen-bond acceptors (Lipinski definition) is 5. The molecule has 1 N–H and O–H groups in total. The topological polar surface area (TPSA) is 110 Å². The number of nitrogens with one attached hydrogen (secondary N) is 1. The lowest BCUT2D eigenvalue weighted by molar-refractivity contribution is -0.384. The van der Waals surface area contributed by atoms with E-state index in [1.165, 1.54) is 46.8 Å². The summed E-state index contributed by atoms with van der Waals surface area (Å²) in [6, 6.07) is 17.1. The fraction of sp³-hybridized carbons (Fsp3) is 0.136. The molecule has 0 unspecified atom stereocenters. The first-order chi connectivity index (χ1) is 15.3. The maximum Gasteiger partial charge on any atom is 0.271 e. The van der Waals surface area contributed by atoms with E-state index in [4.69, 9.17) is 11.6 Å². The molecule has 0 fully saturated rings. The third-order valence-electron chi connectivity index (χ3n) is 5.23. The molecular formula is C22H18ClN3O5S. The van der Waals surface area contributed by atoms with Crippen LogP contribution < -0.4 is 5.32 Å². The lowest BCUT2D eigenvalue weighted by Gasteiger charge is -2.28. The number of nitro groups is 1. The van der Waals surface area contributed by atoms with E-state index in [1.807, 2.05) is 24.3 Å². The molecule has 0 atom stereocenters. The SMILES string of the molecule is O=C(Nc1cccc([N+](=O)[O-])c1)c1cc(S(=O)(=O)N2CCc3ccccc3C2)ccc1Cl. The molecule has 1 amide bonds. The van der Waals surface area contributed by atoms with Gasteiger partial charge in [0, 0.05) is 30.9 Å². The van der Waals surface area contributed by atoms with Crippen molar-refractivity contribution in [2.24, 2.45) is 0 Å². The van der Waals surface area contributed by atoms with E-state index in [2.05, 4.69) is 5.32 Å². The van der Waals surface area contributed by atoms with Crippen molar-refractivity contribution in [3.05, 3.63) is 98.6 Å². The Morgan fingerprint density at radius 2 is 1.78 bits per heavy atom. The van der Waals surface area contributed by atoms with Crippen LogP contribution in [-0.2, 0) is 23.0 Å². The normalized spacial score (nSPS) is 13.9. The second-order valence-corrected chi connectivity index (χ2v) is 9.61. The van der Waals surface area contributed by atoms with Crippen molar-refractivity contribution in [1.82, 2.24) is 4.31 Å². The molecule has 0 saturated heterocycles. The highest BCUT2D eigenvalue weighted by Gasteiger charge is 2.29. The van der Waals surface area contributed by atoms with Crippen molar-refractivity contribution in [2.75, 3.05) is 11.9 Å². The predicted octanol–water partition coefficient (Wildman–Crippen LogP) is 4.25. The van der Waals surface area contributed by atoms with Gasteiger partial charge in [0.05, 0.1) is 20.4 Å². The highest BCUT2D eigenvalue weighted by Crippen LogP contribution is 2.28. The number of halogens is 1. The van der Waals surface area contributed by atoms with Crippen LogP contribution in [0.1, 0.15) is 21.5 Å². The van der Waals surface area contributed by atoms with Crippen LogP contribution in [0.25, 0.3) is 0 Å². The fourth-order valence-electron chi connectivity index (χ4n) is 3.56. The number of benzene rings is 3. The van der Waals surface area contributed by atoms with Crippen molar-refractivity contribution < 1.29 is 18.1 Å². The van der Waals surface area contributed by atoms with Crippen molar-refractivity contribution >= 4 is 38.9 Å². The predicted molar refractivity (Wildman–Crippen MR) is 120 cm³/mol. The van der Waals surface area contributed by atoms with Gasteiger partial charge < -0.3 is 5.32 Å². The minimum atomic E-state index is -3.86. The summed E-state index contributed by atoms with van der Waals surface area (Å²) >= 11 is 6.16. The van der Waals surface area contributed by atoms with Crippen molar-refractivity contribution in [3.63, 3.8) is 0 Å². The summed E-state index contributed by atoms with van der Waals surface area (Å²) in [6.07, 6.45) is 0.600. The molecule has 0 spiro atoms.